The highest BCUT2D eigenvalue weighted by Crippen LogP contribution is 2.27. The molecule has 10 heteroatoms. The van der Waals surface area contributed by atoms with E-state index in [1.807, 2.05) is 66.2 Å². The minimum Gasteiger partial charge on any atom is -0.368 e. The zero-order chi connectivity index (χ0) is 27.8. The van der Waals surface area contributed by atoms with Crippen molar-refractivity contribution in [3.63, 3.8) is 0 Å². The lowest BCUT2D eigenvalue weighted by molar-refractivity contribution is -0.127. The monoisotopic (exact) mass is 564 g/mol. The molecule has 2 aromatic carbocycles. The van der Waals surface area contributed by atoms with Crippen LogP contribution in [0.15, 0.2) is 79.1 Å². The Morgan fingerprint density at radius 3 is 2.51 bits per heavy atom. The van der Waals surface area contributed by atoms with E-state index in [9.17, 15) is 9.59 Å². The Hall–Kier alpha value is -3.72. The highest BCUT2D eigenvalue weighted by molar-refractivity contribution is 6.42. The van der Waals surface area contributed by atoms with E-state index in [1.165, 1.54) is 0 Å². The maximum atomic E-state index is 12.8. The summed E-state index contributed by atoms with van der Waals surface area (Å²) in [6.07, 6.45) is 4.03. The van der Waals surface area contributed by atoms with Crippen LogP contribution < -0.4 is 11.1 Å². The Balaban J connectivity index is 1.47. The Bertz CT molecular complexity index is 1410. The fourth-order valence-electron chi connectivity index (χ4n) is 4.20. The van der Waals surface area contributed by atoms with Crippen molar-refractivity contribution in [2.45, 2.75) is 32.4 Å². The number of nitrogens with two attached hydrogens (primary N) is 1. The second-order valence-electron chi connectivity index (χ2n) is 9.10. The van der Waals surface area contributed by atoms with E-state index in [0.717, 1.165) is 28.2 Å². The molecule has 2 amide bonds. The van der Waals surface area contributed by atoms with Crippen LogP contribution >= 0.6 is 23.2 Å². The number of carbonyl (C=O) groups excluding carboxylic acids is 2. The average molecular weight is 566 g/mol. The molecule has 0 unspecified atom stereocenters. The topological polar surface area (TPSA) is 106 Å². The van der Waals surface area contributed by atoms with E-state index in [-0.39, 0.29) is 12.3 Å². The number of primary amides is 1. The van der Waals surface area contributed by atoms with E-state index in [0.29, 0.717) is 36.1 Å². The summed E-state index contributed by atoms with van der Waals surface area (Å²) < 4.78 is 1.83. The van der Waals surface area contributed by atoms with E-state index < -0.39 is 11.9 Å². The summed E-state index contributed by atoms with van der Waals surface area (Å²) in [5, 5.41) is 8.51. The smallest absolute Gasteiger partial charge is 0.240 e. The molecular formula is C29H30Cl2N6O2. The molecule has 0 bridgehead atoms. The second-order valence-corrected chi connectivity index (χ2v) is 9.92. The highest BCUT2D eigenvalue weighted by atomic mass is 35.5. The Morgan fingerprint density at radius 1 is 1.05 bits per heavy atom. The van der Waals surface area contributed by atoms with Crippen molar-refractivity contribution in [2.75, 3.05) is 13.1 Å². The van der Waals surface area contributed by atoms with Gasteiger partial charge in [-0.05, 0) is 48.5 Å². The third-order valence-electron chi connectivity index (χ3n) is 6.34. The summed E-state index contributed by atoms with van der Waals surface area (Å²) in [6.45, 7) is 3.74. The van der Waals surface area contributed by atoms with Gasteiger partial charge < -0.3 is 11.1 Å². The van der Waals surface area contributed by atoms with Crippen LogP contribution in [0.2, 0.25) is 10.0 Å². The van der Waals surface area contributed by atoms with Crippen LogP contribution in [0, 0.1) is 0 Å². The van der Waals surface area contributed by atoms with Gasteiger partial charge in [-0.3, -0.25) is 19.5 Å². The van der Waals surface area contributed by atoms with E-state index in [2.05, 4.69) is 15.2 Å². The first kappa shape index (κ1) is 28.3. The minimum absolute atomic E-state index is 0.211. The average Bonchev–Trinajstić information content (AvgIpc) is 3.37. The molecule has 0 saturated heterocycles. The molecule has 4 aromatic rings. The molecule has 0 aliphatic rings. The molecule has 2 heterocycles. The molecule has 0 aliphatic heterocycles. The number of benzene rings is 2. The standard InChI is InChI=1S/C29H30Cl2N6O2/c1-2-36(14-12-28(38)34-27(29(32)39)15-20-7-4-3-5-8-20)19-23-17-26(21-9-6-13-33-18-21)35-37(23)22-10-11-24(30)25(31)16-22/h3-11,13,16-18,27H,2,12,14-15,19H2,1H3,(H2,32,39)(H,34,38)/t27-/m0/s1. The number of halogens is 2. The molecule has 39 heavy (non-hydrogen) atoms. The van der Waals surface area contributed by atoms with Crippen LogP contribution in [0.4, 0.5) is 0 Å². The van der Waals surface area contributed by atoms with Crippen molar-refractivity contribution in [1.82, 2.24) is 25.0 Å². The Kier molecular flexibility index (Phi) is 9.70. The van der Waals surface area contributed by atoms with Gasteiger partial charge in [-0.1, -0.05) is 60.5 Å². The van der Waals surface area contributed by atoms with Crippen LogP contribution in [0.25, 0.3) is 16.9 Å². The van der Waals surface area contributed by atoms with Gasteiger partial charge in [0.1, 0.15) is 6.04 Å². The summed E-state index contributed by atoms with van der Waals surface area (Å²) in [4.78, 5) is 31.1. The molecule has 0 spiro atoms. The van der Waals surface area contributed by atoms with Crippen LogP contribution in [0.1, 0.15) is 24.6 Å². The van der Waals surface area contributed by atoms with Gasteiger partial charge in [-0.15, -0.1) is 0 Å². The summed E-state index contributed by atoms with van der Waals surface area (Å²) in [5.41, 5.74) is 9.83. The van der Waals surface area contributed by atoms with E-state index in [1.54, 1.807) is 24.5 Å². The van der Waals surface area contributed by atoms with Gasteiger partial charge in [-0.2, -0.15) is 5.10 Å². The normalized spacial score (nSPS) is 11.9. The fourth-order valence-corrected chi connectivity index (χ4v) is 4.50. The largest absolute Gasteiger partial charge is 0.368 e. The zero-order valence-corrected chi connectivity index (χ0v) is 23.1. The van der Waals surface area contributed by atoms with Crippen molar-refractivity contribution in [2.24, 2.45) is 5.73 Å². The predicted octanol–water partition coefficient (Wildman–Crippen LogP) is 4.67. The number of hydrogen-bond donors (Lipinski definition) is 2. The van der Waals surface area contributed by atoms with Gasteiger partial charge in [0.25, 0.3) is 0 Å². The number of hydrogen-bond acceptors (Lipinski definition) is 5. The Labute approximate surface area is 237 Å². The second kappa shape index (κ2) is 13.4. The molecule has 1 atom stereocenters. The molecule has 0 fully saturated rings. The van der Waals surface area contributed by atoms with Gasteiger partial charge in [0.05, 0.1) is 27.1 Å². The molecule has 2 aromatic heterocycles. The molecule has 3 N–H and O–H groups in total. The third-order valence-corrected chi connectivity index (χ3v) is 7.08. The van der Waals surface area contributed by atoms with Crippen molar-refractivity contribution in [3.05, 3.63) is 100 Å². The summed E-state index contributed by atoms with van der Waals surface area (Å²) in [5.74, 6) is -0.796. The molecule has 8 nitrogen and oxygen atoms in total. The van der Waals surface area contributed by atoms with Crippen molar-refractivity contribution in [3.8, 4) is 16.9 Å². The minimum atomic E-state index is -0.770. The molecule has 0 radical (unpaired) electrons. The maximum absolute atomic E-state index is 12.8. The fraction of sp³-hybridized carbons (Fsp3) is 0.241. The zero-order valence-electron chi connectivity index (χ0n) is 21.6. The quantitative estimate of drug-likeness (QED) is 0.260. The molecule has 4 rings (SSSR count). The first-order valence-corrected chi connectivity index (χ1v) is 13.4. The number of rotatable bonds is 12. The molecular weight excluding hydrogens is 535 g/mol. The van der Waals surface area contributed by atoms with Crippen LogP contribution in [-0.2, 0) is 22.6 Å². The lowest BCUT2D eigenvalue weighted by Crippen LogP contribution is -2.46. The summed E-state index contributed by atoms with van der Waals surface area (Å²) in [7, 11) is 0. The van der Waals surface area contributed by atoms with Crippen molar-refractivity contribution < 1.29 is 9.59 Å². The Morgan fingerprint density at radius 2 is 1.85 bits per heavy atom. The number of nitrogens with zero attached hydrogens (tertiary/aromatic N) is 4. The lowest BCUT2D eigenvalue weighted by Gasteiger charge is -2.22. The van der Waals surface area contributed by atoms with Crippen LogP contribution in [0.3, 0.4) is 0 Å². The molecule has 0 aliphatic carbocycles. The van der Waals surface area contributed by atoms with Crippen LogP contribution in [-0.4, -0.2) is 50.6 Å². The van der Waals surface area contributed by atoms with E-state index >= 15 is 0 Å². The van der Waals surface area contributed by atoms with E-state index in [4.69, 9.17) is 34.0 Å². The first-order chi connectivity index (χ1) is 18.8. The predicted molar refractivity (Wildman–Crippen MR) is 154 cm³/mol. The van der Waals surface area contributed by atoms with Crippen LogP contribution in [0.5, 0.6) is 0 Å². The number of carbonyl (C=O) groups is 2. The number of pyridine rings is 1. The number of amides is 2. The van der Waals surface area contributed by atoms with Gasteiger partial charge in [0, 0.05) is 43.9 Å². The molecule has 202 valence electrons. The van der Waals surface area contributed by atoms with Gasteiger partial charge in [0.15, 0.2) is 0 Å². The van der Waals surface area contributed by atoms with Crippen molar-refractivity contribution >= 4 is 35.0 Å². The SMILES string of the molecule is CCN(CCC(=O)N[C@@H](Cc1ccccc1)C(N)=O)Cc1cc(-c2cccnc2)nn1-c1ccc(Cl)c(Cl)c1. The number of nitrogens with one attached hydrogen (secondary N) is 1. The highest BCUT2D eigenvalue weighted by Gasteiger charge is 2.20. The van der Waals surface area contributed by atoms with Gasteiger partial charge in [0.2, 0.25) is 11.8 Å². The summed E-state index contributed by atoms with van der Waals surface area (Å²) >= 11 is 12.4. The van der Waals surface area contributed by atoms with Gasteiger partial charge >= 0.3 is 0 Å². The maximum Gasteiger partial charge on any atom is 0.240 e. The van der Waals surface area contributed by atoms with Gasteiger partial charge in [-0.25, -0.2) is 4.68 Å². The lowest BCUT2D eigenvalue weighted by atomic mass is 10.1. The number of aromatic nitrogens is 3. The first-order valence-electron chi connectivity index (χ1n) is 12.6. The molecule has 0 saturated carbocycles. The third kappa shape index (κ3) is 7.66. The summed E-state index contributed by atoms with van der Waals surface area (Å²) in [6, 6.07) is 19.9. The van der Waals surface area contributed by atoms with Crippen molar-refractivity contribution in [1.29, 1.82) is 0 Å².